The Kier molecular flexibility index (Phi) is 5.11. The lowest BCUT2D eigenvalue weighted by atomic mass is 10.1. The van der Waals surface area contributed by atoms with Crippen molar-refractivity contribution in [3.05, 3.63) is 70.7 Å². The molecular formula is C18H13Cl2NOS. The molecule has 0 atom stereocenters. The van der Waals surface area contributed by atoms with Gasteiger partial charge in [-0.15, -0.1) is 11.8 Å². The number of carbonyl (C=O) groups excluding carboxylic acids is 1. The predicted molar refractivity (Wildman–Crippen MR) is 99.8 cm³/mol. The monoisotopic (exact) mass is 361 g/mol. The van der Waals surface area contributed by atoms with E-state index in [4.69, 9.17) is 23.2 Å². The zero-order chi connectivity index (χ0) is 16.2. The lowest BCUT2D eigenvalue weighted by Crippen LogP contribution is -2.13. The minimum atomic E-state index is -0.0960. The maximum atomic E-state index is 12.1. The zero-order valence-electron chi connectivity index (χ0n) is 12.1. The van der Waals surface area contributed by atoms with Gasteiger partial charge in [0.15, 0.2) is 0 Å². The lowest BCUT2D eigenvalue weighted by molar-refractivity contribution is -0.113. The summed E-state index contributed by atoms with van der Waals surface area (Å²) in [6, 6.07) is 19.2. The molecule has 0 aliphatic carbocycles. The van der Waals surface area contributed by atoms with Gasteiger partial charge in [-0.1, -0.05) is 59.6 Å². The number of carbonyl (C=O) groups is 1. The molecule has 0 fully saturated rings. The molecule has 2 nitrogen and oxygen atoms in total. The van der Waals surface area contributed by atoms with Crippen LogP contribution in [0.3, 0.4) is 0 Å². The highest BCUT2D eigenvalue weighted by Crippen LogP contribution is 2.33. The lowest BCUT2D eigenvalue weighted by Gasteiger charge is -2.08. The smallest absolute Gasteiger partial charge is 0.234 e. The Labute approximate surface area is 148 Å². The topological polar surface area (TPSA) is 29.1 Å². The van der Waals surface area contributed by atoms with E-state index in [9.17, 15) is 4.79 Å². The quantitative estimate of drug-likeness (QED) is 0.588. The molecule has 0 saturated carbocycles. The highest BCUT2D eigenvalue weighted by atomic mass is 35.5. The Balaban J connectivity index is 1.66. The van der Waals surface area contributed by atoms with Gasteiger partial charge in [0.2, 0.25) is 5.91 Å². The number of fused-ring (bicyclic) bond motifs is 1. The summed E-state index contributed by atoms with van der Waals surface area (Å²) in [4.78, 5) is 12.9. The fourth-order valence-corrected chi connectivity index (χ4v) is 3.71. The molecule has 0 aliphatic heterocycles. The number of hydrogen-bond acceptors (Lipinski definition) is 2. The third kappa shape index (κ3) is 3.99. The number of amides is 1. The van der Waals surface area contributed by atoms with Crippen molar-refractivity contribution in [1.29, 1.82) is 0 Å². The van der Waals surface area contributed by atoms with Gasteiger partial charge in [0.1, 0.15) is 0 Å². The van der Waals surface area contributed by atoms with E-state index in [0.29, 0.717) is 10.0 Å². The van der Waals surface area contributed by atoms with E-state index in [1.54, 1.807) is 18.2 Å². The van der Waals surface area contributed by atoms with Crippen LogP contribution in [0.25, 0.3) is 10.8 Å². The Morgan fingerprint density at radius 3 is 2.35 bits per heavy atom. The Bertz CT molecular complexity index is 846. The van der Waals surface area contributed by atoms with E-state index in [2.05, 4.69) is 5.32 Å². The molecule has 0 bridgehead atoms. The summed E-state index contributed by atoms with van der Waals surface area (Å²) >= 11 is 13.5. The first-order valence-corrected chi connectivity index (χ1v) is 8.73. The van der Waals surface area contributed by atoms with Crippen molar-refractivity contribution in [3.8, 4) is 0 Å². The summed E-state index contributed by atoms with van der Waals surface area (Å²) in [5.41, 5.74) is 0.777. The van der Waals surface area contributed by atoms with E-state index in [1.165, 1.54) is 11.8 Å². The summed E-state index contributed by atoms with van der Waals surface area (Å²) in [6.07, 6.45) is 0. The fourth-order valence-electron chi connectivity index (χ4n) is 2.22. The van der Waals surface area contributed by atoms with Gasteiger partial charge in [-0.25, -0.2) is 0 Å². The van der Waals surface area contributed by atoms with Gasteiger partial charge >= 0.3 is 0 Å². The zero-order valence-corrected chi connectivity index (χ0v) is 14.4. The number of thioether (sulfide) groups is 1. The van der Waals surface area contributed by atoms with Crippen LogP contribution in [0, 0.1) is 0 Å². The molecule has 3 aromatic carbocycles. The second kappa shape index (κ2) is 7.26. The number of nitrogens with one attached hydrogen (secondary N) is 1. The molecule has 1 amide bonds. The standard InChI is InChI=1S/C18H13Cl2NOS/c19-15-6-3-7-16(20)18(15)23-11-17(22)21-14-9-8-12-4-1-2-5-13(12)10-14/h1-10H,11H2,(H,21,22). The molecule has 0 aromatic heterocycles. The molecule has 0 unspecified atom stereocenters. The molecule has 0 saturated heterocycles. The van der Waals surface area contributed by atoms with Crippen molar-refractivity contribution in [2.45, 2.75) is 4.90 Å². The maximum Gasteiger partial charge on any atom is 0.234 e. The maximum absolute atomic E-state index is 12.1. The van der Waals surface area contributed by atoms with Crippen LogP contribution < -0.4 is 5.32 Å². The number of halogens is 2. The summed E-state index contributed by atoms with van der Waals surface area (Å²) in [5, 5.41) is 6.24. The summed E-state index contributed by atoms with van der Waals surface area (Å²) < 4.78 is 0. The number of rotatable bonds is 4. The van der Waals surface area contributed by atoms with E-state index < -0.39 is 0 Å². The van der Waals surface area contributed by atoms with Gasteiger partial charge in [-0.3, -0.25) is 4.79 Å². The summed E-state index contributed by atoms with van der Waals surface area (Å²) in [5.74, 6) is 0.150. The fraction of sp³-hybridized carbons (Fsp3) is 0.0556. The normalized spacial score (nSPS) is 10.7. The van der Waals surface area contributed by atoms with E-state index >= 15 is 0 Å². The van der Waals surface area contributed by atoms with Crippen LogP contribution in [-0.4, -0.2) is 11.7 Å². The highest BCUT2D eigenvalue weighted by molar-refractivity contribution is 8.00. The molecular weight excluding hydrogens is 349 g/mol. The second-order valence-corrected chi connectivity index (χ2v) is 6.75. The third-order valence-electron chi connectivity index (χ3n) is 3.30. The molecule has 5 heteroatoms. The van der Waals surface area contributed by atoms with Crippen LogP contribution in [0.5, 0.6) is 0 Å². The van der Waals surface area contributed by atoms with Crippen LogP contribution >= 0.6 is 35.0 Å². The number of anilines is 1. The predicted octanol–water partition coefficient (Wildman–Crippen LogP) is 5.88. The van der Waals surface area contributed by atoms with E-state index in [1.807, 2.05) is 42.5 Å². The Morgan fingerprint density at radius 1 is 0.913 bits per heavy atom. The van der Waals surface area contributed by atoms with Gasteiger partial charge in [-0.2, -0.15) is 0 Å². The minimum Gasteiger partial charge on any atom is -0.325 e. The molecule has 3 aromatic rings. The second-order valence-electron chi connectivity index (χ2n) is 4.95. The number of hydrogen-bond donors (Lipinski definition) is 1. The molecule has 1 N–H and O–H groups in total. The van der Waals surface area contributed by atoms with Crippen molar-refractivity contribution < 1.29 is 4.79 Å². The minimum absolute atomic E-state index is 0.0960. The molecule has 0 spiro atoms. The van der Waals surface area contributed by atoms with Crippen molar-refractivity contribution in [2.24, 2.45) is 0 Å². The first kappa shape index (κ1) is 16.2. The molecule has 23 heavy (non-hydrogen) atoms. The molecule has 116 valence electrons. The van der Waals surface area contributed by atoms with Crippen molar-refractivity contribution in [3.63, 3.8) is 0 Å². The van der Waals surface area contributed by atoms with Gasteiger partial charge in [0.05, 0.1) is 15.8 Å². The number of benzene rings is 3. The van der Waals surface area contributed by atoms with Crippen molar-refractivity contribution in [2.75, 3.05) is 11.1 Å². The van der Waals surface area contributed by atoms with Crippen LogP contribution in [0.4, 0.5) is 5.69 Å². The highest BCUT2D eigenvalue weighted by Gasteiger charge is 2.09. The third-order valence-corrected chi connectivity index (χ3v) is 5.29. The molecule has 0 aliphatic rings. The SMILES string of the molecule is O=C(CSc1c(Cl)cccc1Cl)Nc1ccc2ccccc2c1. The summed E-state index contributed by atoms with van der Waals surface area (Å²) in [7, 11) is 0. The first-order valence-electron chi connectivity index (χ1n) is 6.99. The average Bonchev–Trinajstić information content (AvgIpc) is 2.54. The van der Waals surface area contributed by atoms with E-state index in [-0.39, 0.29) is 11.7 Å². The van der Waals surface area contributed by atoms with E-state index in [0.717, 1.165) is 21.4 Å². The van der Waals surface area contributed by atoms with Crippen LogP contribution in [0.1, 0.15) is 0 Å². The largest absolute Gasteiger partial charge is 0.325 e. The first-order chi connectivity index (χ1) is 11.1. The Hall–Kier alpha value is -1.68. The molecule has 3 rings (SSSR count). The molecule has 0 heterocycles. The van der Waals surface area contributed by atoms with Crippen LogP contribution in [0.2, 0.25) is 10.0 Å². The average molecular weight is 362 g/mol. The molecule has 0 radical (unpaired) electrons. The van der Waals surface area contributed by atoms with Crippen molar-refractivity contribution in [1.82, 2.24) is 0 Å². The van der Waals surface area contributed by atoms with Crippen LogP contribution in [0.15, 0.2) is 65.6 Å². The van der Waals surface area contributed by atoms with Gasteiger partial charge in [0.25, 0.3) is 0 Å². The Morgan fingerprint density at radius 2 is 1.61 bits per heavy atom. The summed E-state index contributed by atoms with van der Waals surface area (Å²) in [6.45, 7) is 0. The van der Waals surface area contributed by atoms with Crippen molar-refractivity contribution >= 4 is 57.3 Å². The van der Waals surface area contributed by atoms with Crippen LogP contribution in [-0.2, 0) is 4.79 Å². The van der Waals surface area contributed by atoms with Gasteiger partial charge < -0.3 is 5.32 Å². The van der Waals surface area contributed by atoms with Gasteiger partial charge in [0, 0.05) is 10.6 Å². The van der Waals surface area contributed by atoms with Gasteiger partial charge in [-0.05, 0) is 35.0 Å².